The van der Waals surface area contributed by atoms with E-state index in [2.05, 4.69) is 37.4 Å². The Kier molecular flexibility index (Phi) is 5.13. The monoisotopic (exact) mass is 285 g/mol. The van der Waals surface area contributed by atoms with Crippen LogP contribution in [0.3, 0.4) is 0 Å². The molecule has 21 heavy (non-hydrogen) atoms. The Bertz CT molecular complexity index is 619. The van der Waals surface area contributed by atoms with Gasteiger partial charge < -0.3 is 5.32 Å². The van der Waals surface area contributed by atoms with Crippen LogP contribution in [0.15, 0.2) is 36.4 Å². The molecule has 0 radical (unpaired) electrons. The minimum absolute atomic E-state index is 0.0977. The SMILES string of the molecule is CCc1ccc(C(NC)c2ccc(F)c(C)c2)cc1CC. The van der Waals surface area contributed by atoms with Gasteiger partial charge in [-0.05, 0) is 60.7 Å². The van der Waals surface area contributed by atoms with Gasteiger partial charge in [0.1, 0.15) is 5.82 Å². The van der Waals surface area contributed by atoms with Crippen molar-refractivity contribution in [2.75, 3.05) is 7.05 Å². The molecule has 0 aromatic heterocycles. The summed E-state index contributed by atoms with van der Waals surface area (Å²) in [6.45, 7) is 6.19. The summed E-state index contributed by atoms with van der Waals surface area (Å²) in [4.78, 5) is 0. The van der Waals surface area contributed by atoms with Crippen molar-refractivity contribution in [3.8, 4) is 0 Å². The lowest BCUT2D eigenvalue weighted by Crippen LogP contribution is -2.18. The maximum atomic E-state index is 13.5. The van der Waals surface area contributed by atoms with Gasteiger partial charge >= 0.3 is 0 Å². The molecule has 112 valence electrons. The van der Waals surface area contributed by atoms with Crippen LogP contribution in [-0.4, -0.2) is 7.05 Å². The third-order valence-electron chi connectivity index (χ3n) is 4.13. The molecule has 1 N–H and O–H groups in total. The number of benzene rings is 2. The molecule has 0 aliphatic rings. The molecule has 0 saturated carbocycles. The Labute approximate surface area is 127 Å². The molecule has 0 amide bonds. The number of rotatable bonds is 5. The summed E-state index contributed by atoms with van der Waals surface area (Å²) in [5.74, 6) is -0.149. The van der Waals surface area contributed by atoms with Crippen molar-refractivity contribution in [1.82, 2.24) is 5.32 Å². The first-order chi connectivity index (χ1) is 10.1. The van der Waals surface area contributed by atoms with E-state index in [0.29, 0.717) is 5.56 Å². The molecule has 1 atom stereocenters. The summed E-state index contributed by atoms with van der Waals surface area (Å²) in [5, 5.41) is 3.35. The van der Waals surface area contributed by atoms with E-state index in [0.717, 1.165) is 18.4 Å². The van der Waals surface area contributed by atoms with Gasteiger partial charge in [-0.1, -0.05) is 44.2 Å². The summed E-state index contributed by atoms with van der Waals surface area (Å²) >= 11 is 0. The molecule has 0 aliphatic heterocycles. The number of halogens is 1. The average molecular weight is 285 g/mol. The zero-order valence-electron chi connectivity index (χ0n) is 13.3. The normalized spacial score (nSPS) is 12.4. The van der Waals surface area contributed by atoms with Crippen molar-refractivity contribution < 1.29 is 4.39 Å². The van der Waals surface area contributed by atoms with Crippen molar-refractivity contribution in [3.63, 3.8) is 0 Å². The highest BCUT2D eigenvalue weighted by atomic mass is 19.1. The Morgan fingerprint density at radius 3 is 2.14 bits per heavy atom. The molecular formula is C19H24FN. The van der Waals surface area contributed by atoms with Gasteiger partial charge in [-0.2, -0.15) is 0 Å². The van der Waals surface area contributed by atoms with Crippen LogP contribution in [0.1, 0.15) is 47.7 Å². The van der Waals surface area contributed by atoms with E-state index in [1.54, 1.807) is 6.07 Å². The Morgan fingerprint density at radius 2 is 1.57 bits per heavy atom. The molecule has 1 nitrogen and oxygen atoms in total. The minimum atomic E-state index is -0.149. The molecule has 2 heteroatoms. The molecule has 0 bridgehead atoms. The number of nitrogens with one attached hydrogen (secondary N) is 1. The molecule has 0 spiro atoms. The van der Waals surface area contributed by atoms with Crippen molar-refractivity contribution in [2.45, 2.75) is 39.7 Å². The fourth-order valence-electron chi connectivity index (χ4n) is 2.87. The largest absolute Gasteiger partial charge is 0.309 e. The predicted molar refractivity (Wildman–Crippen MR) is 87.2 cm³/mol. The van der Waals surface area contributed by atoms with E-state index in [4.69, 9.17) is 0 Å². The highest BCUT2D eigenvalue weighted by molar-refractivity contribution is 5.39. The molecule has 0 saturated heterocycles. The summed E-state index contributed by atoms with van der Waals surface area (Å²) in [6.07, 6.45) is 2.10. The second-order valence-corrected chi connectivity index (χ2v) is 5.47. The predicted octanol–water partition coefficient (Wildman–Crippen LogP) is 4.57. The maximum Gasteiger partial charge on any atom is 0.126 e. The van der Waals surface area contributed by atoms with Gasteiger partial charge in [0.15, 0.2) is 0 Å². The number of aryl methyl sites for hydroxylation is 3. The van der Waals surface area contributed by atoms with E-state index < -0.39 is 0 Å². The van der Waals surface area contributed by atoms with Crippen LogP contribution >= 0.6 is 0 Å². The zero-order chi connectivity index (χ0) is 15.4. The van der Waals surface area contributed by atoms with Gasteiger partial charge in [0, 0.05) is 0 Å². The van der Waals surface area contributed by atoms with Crippen LogP contribution in [-0.2, 0) is 12.8 Å². The minimum Gasteiger partial charge on any atom is -0.309 e. The lowest BCUT2D eigenvalue weighted by atomic mass is 9.92. The topological polar surface area (TPSA) is 12.0 Å². The maximum absolute atomic E-state index is 13.5. The molecule has 0 heterocycles. The van der Waals surface area contributed by atoms with Crippen LogP contribution < -0.4 is 5.32 Å². The third kappa shape index (κ3) is 3.33. The van der Waals surface area contributed by atoms with E-state index in [-0.39, 0.29) is 11.9 Å². The summed E-state index contributed by atoms with van der Waals surface area (Å²) < 4.78 is 13.5. The number of hydrogen-bond donors (Lipinski definition) is 1. The Balaban J connectivity index is 2.43. The van der Waals surface area contributed by atoms with Crippen molar-refractivity contribution in [2.24, 2.45) is 0 Å². The molecule has 2 aromatic rings. The van der Waals surface area contributed by atoms with E-state index in [1.165, 1.54) is 16.7 Å². The van der Waals surface area contributed by atoms with Crippen molar-refractivity contribution in [1.29, 1.82) is 0 Å². The summed E-state index contributed by atoms with van der Waals surface area (Å²) in [7, 11) is 1.95. The van der Waals surface area contributed by atoms with Crippen molar-refractivity contribution in [3.05, 3.63) is 70.0 Å². The second kappa shape index (κ2) is 6.86. The molecule has 1 unspecified atom stereocenters. The fraction of sp³-hybridized carbons (Fsp3) is 0.368. The highest BCUT2D eigenvalue weighted by Crippen LogP contribution is 2.26. The van der Waals surface area contributed by atoms with E-state index >= 15 is 0 Å². The van der Waals surface area contributed by atoms with Gasteiger partial charge in [-0.3, -0.25) is 0 Å². The van der Waals surface area contributed by atoms with Gasteiger partial charge in [0.05, 0.1) is 6.04 Å². The van der Waals surface area contributed by atoms with Crippen molar-refractivity contribution >= 4 is 0 Å². The first-order valence-corrected chi connectivity index (χ1v) is 7.65. The molecule has 2 rings (SSSR count). The smallest absolute Gasteiger partial charge is 0.126 e. The second-order valence-electron chi connectivity index (χ2n) is 5.47. The fourth-order valence-corrected chi connectivity index (χ4v) is 2.87. The summed E-state index contributed by atoms with van der Waals surface area (Å²) in [6, 6.07) is 12.1. The lowest BCUT2D eigenvalue weighted by molar-refractivity contribution is 0.614. The first kappa shape index (κ1) is 15.7. The lowest BCUT2D eigenvalue weighted by Gasteiger charge is -2.20. The average Bonchev–Trinajstić information content (AvgIpc) is 2.51. The summed E-state index contributed by atoms with van der Waals surface area (Å²) in [5.41, 5.74) is 5.83. The van der Waals surface area contributed by atoms with Crippen LogP contribution in [0.25, 0.3) is 0 Å². The quantitative estimate of drug-likeness (QED) is 0.848. The Morgan fingerprint density at radius 1 is 0.952 bits per heavy atom. The molecule has 0 aliphatic carbocycles. The van der Waals surface area contributed by atoms with Crippen LogP contribution in [0.4, 0.5) is 4.39 Å². The van der Waals surface area contributed by atoms with Gasteiger partial charge in [-0.25, -0.2) is 4.39 Å². The standard InChI is InChI=1S/C19H24FN/c1-5-14-7-8-17(12-15(14)6-2)19(21-4)16-9-10-18(20)13(3)11-16/h7-12,19,21H,5-6H2,1-4H3. The molecule has 0 fully saturated rings. The molecular weight excluding hydrogens is 261 g/mol. The van der Waals surface area contributed by atoms with Gasteiger partial charge in [0.25, 0.3) is 0 Å². The molecule has 2 aromatic carbocycles. The van der Waals surface area contributed by atoms with E-state index in [9.17, 15) is 4.39 Å². The zero-order valence-corrected chi connectivity index (χ0v) is 13.3. The van der Waals surface area contributed by atoms with Gasteiger partial charge in [0.2, 0.25) is 0 Å². The highest BCUT2D eigenvalue weighted by Gasteiger charge is 2.14. The third-order valence-corrected chi connectivity index (χ3v) is 4.13. The van der Waals surface area contributed by atoms with Crippen LogP contribution in [0.5, 0.6) is 0 Å². The van der Waals surface area contributed by atoms with Gasteiger partial charge in [-0.15, -0.1) is 0 Å². The Hall–Kier alpha value is -1.67. The van der Waals surface area contributed by atoms with Crippen LogP contribution in [0.2, 0.25) is 0 Å². The first-order valence-electron chi connectivity index (χ1n) is 7.65. The van der Waals surface area contributed by atoms with E-state index in [1.807, 2.05) is 26.1 Å². The number of hydrogen-bond acceptors (Lipinski definition) is 1. The van der Waals surface area contributed by atoms with Crippen LogP contribution in [0, 0.1) is 12.7 Å².